The average Bonchev–Trinajstić information content (AvgIpc) is 2.18. The molecule has 76 valence electrons. The van der Waals surface area contributed by atoms with E-state index in [9.17, 15) is 4.79 Å². The molecular formula is C12H16O2. The van der Waals surface area contributed by atoms with Crippen molar-refractivity contribution < 1.29 is 9.53 Å². The van der Waals surface area contributed by atoms with Crippen LogP contribution < -0.4 is 4.74 Å². The summed E-state index contributed by atoms with van der Waals surface area (Å²) < 4.78 is 5.67. The molecule has 1 rings (SSSR count). The molecule has 1 unspecified atom stereocenters. The number of benzene rings is 1. The molecule has 2 nitrogen and oxygen atoms in total. The molecule has 0 aliphatic rings. The molecule has 2 heteroatoms. The van der Waals surface area contributed by atoms with Gasteiger partial charge < -0.3 is 4.74 Å². The summed E-state index contributed by atoms with van der Waals surface area (Å²) in [6.45, 7) is 6.19. The van der Waals surface area contributed by atoms with Crippen molar-refractivity contribution in [3.05, 3.63) is 29.8 Å². The summed E-state index contributed by atoms with van der Waals surface area (Å²) in [7, 11) is 0. The maximum absolute atomic E-state index is 10.7. The van der Waals surface area contributed by atoms with Crippen molar-refractivity contribution in [1.82, 2.24) is 0 Å². The first-order valence-electron chi connectivity index (χ1n) is 4.86. The quantitative estimate of drug-likeness (QED) is 0.685. The third kappa shape index (κ3) is 2.59. The minimum absolute atomic E-state index is 0.121. The van der Waals surface area contributed by atoms with Crippen molar-refractivity contribution in [2.45, 2.75) is 26.9 Å². The first-order chi connectivity index (χ1) is 6.65. The van der Waals surface area contributed by atoms with Crippen molar-refractivity contribution >= 4 is 6.29 Å². The van der Waals surface area contributed by atoms with Crippen LogP contribution in [0.5, 0.6) is 5.75 Å². The standard InChI is InChI=1S/C12H16O2/c1-9(2)10(3)14-12-7-5-4-6-11(12)8-13/h4-10H,1-3H3. The van der Waals surface area contributed by atoms with E-state index in [0.29, 0.717) is 17.2 Å². The van der Waals surface area contributed by atoms with Gasteiger partial charge in [-0.15, -0.1) is 0 Å². The molecule has 0 aromatic heterocycles. The molecule has 14 heavy (non-hydrogen) atoms. The summed E-state index contributed by atoms with van der Waals surface area (Å²) in [5, 5.41) is 0. The largest absolute Gasteiger partial charge is 0.490 e. The van der Waals surface area contributed by atoms with Gasteiger partial charge in [0.15, 0.2) is 6.29 Å². The molecular weight excluding hydrogens is 176 g/mol. The van der Waals surface area contributed by atoms with Crippen molar-refractivity contribution in [1.29, 1.82) is 0 Å². The minimum Gasteiger partial charge on any atom is -0.490 e. The number of carbonyl (C=O) groups is 1. The van der Waals surface area contributed by atoms with E-state index >= 15 is 0 Å². The van der Waals surface area contributed by atoms with Gasteiger partial charge in [-0.3, -0.25) is 4.79 Å². The fourth-order valence-electron chi connectivity index (χ4n) is 1.02. The second-order valence-corrected chi connectivity index (χ2v) is 3.72. The number of aldehydes is 1. The highest BCUT2D eigenvalue weighted by molar-refractivity contribution is 5.79. The van der Waals surface area contributed by atoms with Crippen LogP contribution in [-0.2, 0) is 0 Å². The van der Waals surface area contributed by atoms with Gasteiger partial charge in [0.1, 0.15) is 5.75 Å². The summed E-state index contributed by atoms with van der Waals surface area (Å²) in [5.41, 5.74) is 0.611. The molecule has 1 aromatic carbocycles. The molecule has 0 saturated heterocycles. The Morgan fingerprint density at radius 3 is 2.43 bits per heavy atom. The Hall–Kier alpha value is -1.31. The molecule has 0 radical (unpaired) electrons. The lowest BCUT2D eigenvalue weighted by molar-refractivity contribution is 0.111. The number of para-hydroxylation sites is 1. The van der Waals surface area contributed by atoms with E-state index in [2.05, 4.69) is 13.8 Å². The topological polar surface area (TPSA) is 26.3 Å². The lowest BCUT2D eigenvalue weighted by Gasteiger charge is -2.18. The minimum atomic E-state index is 0.121. The van der Waals surface area contributed by atoms with Crippen LogP contribution in [0.3, 0.4) is 0 Å². The average molecular weight is 192 g/mol. The van der Waals surface area contributed by atoms with E-state index < -0.39 is 0 Å². The van der Waals surface area contributed by atoms with Crippen LogP contribution in [0.15, 0.2) is 24.3 Å². The maximum Gasteiger partial charge on any atom is 0.153 e. The van der Waals surface area contributed by atoms with E-state index in [1.807, 2.05) is 25.1 Å². The van der Waals surface area contributed by atoms with Crippen LogP contribution in [0.4, 0.5) is 0 Å². The van der Waals surface area contributed by atoms with Crippen LogP contribution in [0.2, 0.25) is 0 Å². The van der Waals surface area contributed by atoms with Crippen LogP contribution in [-0.4, -0.2) is 12.4 Å². The second-order valence-electron chi connectivity index (χ2n) is 3.72. The molecule has 1 atom stereocenters. The molecule has 0 N–H and O–H groups in total. The highest BCUT2D eigenvalue weighted by Crippen LogP contribution is 2.19. The van der Waals surface area contributed by atoms with Gasteiger partial charge in [-0.2, -0.15) is 0 Å². The first kappa shape index (κ1) is 10.8. The van der Waals surface area contributed by atoms with E-state index in [0.717, 1.165) is 6.29 Å². The zero-order valence-electron chi connectivity index (χ0n) is 8.86. The molecule has 0 aliphatic heterocycles. The fourth-order valence-corrected chi connectivity index (χ4v) is 1.02. The van der Waals surface area contributed by atoms with Crippen LogP contribution in [0, 0.1) is 5.92 Å². The van der Waals surface area contributed by atoms with Gasteiger partial charge in [0, 0.05) is 0 Å². The Morgan fingerprint density at radius 2 is 1.86 bits per heavy atom. The summed E-state index contributed by atoms with van der Waals surface area (Å²) >= 11 is 0. The number of carbonyl (C=O) groups excluding carboxylic acids is 1. The van der Waals surface area contributed by atoms with Gasteiger partial charge in [-0.1, -0.05) is 26.0 Å². The zero-order valence-corrected chi connectivity index (χ0v) is 8.86. The predicted octanol–water partition coefficient (Wildman–Crippen LogP) is 2.92. The van der Waals surface area contributed by atoms with Gasteiger partial charge in [0.05, 0.1) is 11.7 Å². The Bertz CT molecular complexity index is 305. The monoisotopic (exact) mass is 192 g/mol. The van der Waals surface area contributed by atoms with Crippen LogP contribution >= 0.6 is 0 Å². The molecule has 0 spiro atoms. The summed E-state index contributed by atoms with van der Waals surface area (Å²) in [6.07, 6.45) is 0.943. The molecule has 0 fully saturated rings. The lowest BCUT2D eigenvalue weighted by atomic mass is 10.1. The Kier molecular flexibility index (Phi) is 3.69. The van der Waals surface area contributed by atoms with Crippen LogP contribution in [0.1, 0.15) is 31.1 Å². The van der Waals surface area contributed by atoms with Gasteiger partial charge in [0.2, 0.25) is 0 Å². The molecule has 0 amide bonds. The number of ether oxygens (including phenoxy) is 1. The smallest absolute Gasteiger partial charge is 0.153 e. The van der Waals surface area contributed by atoms with Crippen LogP contribution in [0.25, 0.3) is 0 Å². The zero-order chi connectivity index (χ0) is 10.6. The number of hydrogen-bond donors (Lipinski definition) is 0. The highest BCUT2D eigenvalue weighted by Gasteiger charge is 2.10. The summed E-state index contributed by atoms with van der Waals surface area (Å²) in [6, 6.07) is 7.28. The van der Waals surface area contributed by atoms with Gasteiger partial charge in [-0.25, -0.2) is 0 Å². The fraction of sp³-hybridized carbons (Fsp3) is 0.417. The third-order valence-electron chi connectivity index (χ3n) is 2.30. The molecule has 0 heterocycles. The van der Waals surface area contributed by atoms with Crippen molar-refractivity contribution in [2.75, 3.05) is 0 Å². The van der Waals surface area contributed by atoms with E-state index in [4.69, 9.17) is 4.74 Å². The summed E-state index contributed by atoms with van der Waals surface area (Å²) in [4.78, 5) is 10.7. The van der Waals surface area contributed by atoms with Gasteiger partial charge >= 0.3 is 0 Å². The van der Waals surface area contributed by atoms with Crippen molar-refractivity contribution in [3.63, 3.8) is 0 Å². The normalized spacial score (nSPS) is 12.6. The maximum atomic E-state index is 10.7. The van der Waals surface area contributed by atoms with Crippen molar-refractivity contribution in [3.8, 4) is 5.75 Å². The van der Waals surface area contributed by atoms with E-state index in [-0.39, 0.29) is 6.10 Å². The second kappa shape index (κ2) is 4.80. The Morgan fingerprint density at radius 1 is 1.21 bits per heavy atom. The van der Waals surface area contributed by atoms with Gasteiger partial charge in [-0.05, 0) is 25.0 Å². The molecule has 0 saturated carbocycles. The number of rotatable bonds is 4. The highest BCUT2D eigenvalue weighted by atomic mass is 16.5. The molecule has 1 aromatic rings. The SMILES string of the molecule is CC(C)C(C)Oc1ccccc1C=O. The van der Waals surface area contributed by atoms with E-state index in [1.165, 1.54) is 0 Å². The van der Waals surface area contributed by atoms with Gasteiger partial charge in [0.25, 0.3) is 0 Å². The predicted molar refractivity (Wildman–Crippen MR) is 56.8 cm³/mol. The summed E-state index contributed by atoms with van der Waals surface area (Å²) in [5.74, 6) is 1.11. The third-order valence-corrected chi connectivity index (χ3v) is 2.30. The molecule has 0 aliphatic carbocycles. The van der Waals surface area contributed by atoms with E-state index in [1.54, 1.807) is 6.07 Å². The Labute approximate surface area is 84.9 Å². The Balaban J connectivity index is 2.80. The molecule has 0 bridgehead atoms. The van der Waals surface area contributed by atoms with Crippen molar-refractivity contribution in [2.24, 2.45) is 5.92 Å². The number of hydrogen-bond acceptors (Lipinski definition) is 2. The first-order valence-corrected chi connectivity index (χ1v) is 4.86. The lowest BCUT2D eigenvalue weighted by Crippen LogP contribution is -2.19.